The molecule has 0 radical (unpaired) electrons. The van der Waals surface area contributed by atoms with Crippen molar-refractivity contribution in [2.24, 2.45) is 0 Å². The van der Waals surface area contributed by atoms with Gasteiger partial charge in [0.25, 0.3) is 0 Å². The number of rotatable bonds is 2. The summed E-state index contributed by atoms with van der Waals surface area (Å²) in [5, 5.41) is 1.61. The Hall–Kier alpha value is -0.350. The van der Waals surface area contributed by atoms with Crippen LogP contribution in [0.3, 0.4) is 0 Å². The van der Waals surface area contributed by atoms with Gasteiger partial charge in [-0.3, -0.25) is 0 Å². The summed E-state index contributed by atoms with van der Waals surface area (Å²) in [5.41, 5.74) is 3.97. The van der Waals surface area contributed by atoms with Gasteiger partial charge in [-0.25, -0.2) is 0 Å². The smallest absolute Gasteiger partial charge is 0.0196 e. The molecule has 0 aromatic carbocycles. The Bertz CT molecular complexity index is 310. The van der Waals surface area contributed by atoms with Crippen molar-refractivity contribution in [3.63, 3.8) is 0 Å². The fourth-order valence-electron chi connectivity index (χ4n) is 2.45. The zero-order valence-corrected chi connectivity index (χ0v) is 10.8. The molecule has 2 rings (SSSR count). The van der Waals surface area contributed by atoms with Gasteiger partial charge in [0.1, 0.15) is 0 Å². The Morgan fingerprint density at radius 1 is 1.20 bits per heavy atom. The van der Waals surface area contributed by atoms with Crippen LogP contribution in [0.25, 0.3) is 0 Å². The van der Waals surface area contributed by atoms with Crippen LogP contribution < -0.4 is 0 Å². The van der Waals surface area contributed by atoms with Crippen LogP contribution in [0.1, 0.15) is 46.0 Å². The first kappa shape index (κ1) is 11.1. The second-order valence-corrected chi connectivity index (χ2v) is 6.48. The average Bonchev–Trinajstić information content (AvgIpc) is 2.67. The molecule has 0 N–H and O–H groups in total. The van der Waals surface area contributed by atoms with Gasteiger partial charge in [-0.15, -0.1) is 0 Å². The highest BCUT2D eigenvalue weighted by Crippen LogP contribution is 2.44. The lowest BCUT2D eigenvalue weighted by atomic mass is 10.0. The van der Waals surface area contributed by atoms with Crippen LogP contribution in [-0.2, 0) is 0 Å². The SMILES string of the molecule is CC(C)=C1C=CC=C1PC1CCCCC1. The van der Waals surface area contributed by atoms with E-state index in [0.717, 1.165) is 14.2 Å². The summed E-state index contributed by atoms with van der Waals surface area (Å²) < 4.78 is 0. The van der Waals surface area contributed by atoms with Crippen LogP contribution in [0.5, 0.6) is 0 Å². The first-order valence-corrected chi connectivity index (χ1v) is 7.18. The van der Waals surface area contributed by atoms with E-state index in [1.54, 1.807) is 5.31 Å². The van der Waals surface area contributed by atoms with E-state index in [2.05, 4.69) is 32.1 Å². The summed E-state index contributed by atoms with van der Waals surface area (Å²) in [5.74, 6) is 0. The molecule has 0 nitrogen and oxygen atoms in total. The molecule has 0 spiro atoms. The Labute approximate surface area is 95.3 Å². The van der Waals surface area contributed by atoms with Gasteiger partial charge in [0.15, 0.2) is 0 Å². The molecule has 82 valence electrons. The third-order valence-corrected chi connectivity index (χ3v) is 5.05. The van der Waals surface area contributed by atoms with Crippen LogP contribution in [0.15, 0.2) is 34.7 Å². The molecule has 15 heavy (non-hydrogen) atoms. The van der Waals surface area contributed by atoms with E-state index in [9.17, 15) is 0 Å². The first-order chi connectivity index (χ1) is 7.27. The monoisotopic (exact) mass is 220 g/mol. The largest absolute Gasteiger partial charge is 0.0866 e. The predicted molar refractivity (Wildman–Crippen MR) is 70.8 cm³/mol. The third kappa shape index (κ3) is 2.82. The van der Waals surface area contributed by atoms with Crippen LogP contribution in [0, 0.1) is 0 Å². The minimum absolute atomic E-state index is 0.985. The van der Waals surface area contributed by atoms with E-state index < -0.39 is 0 Å². The quantitative estimate of drug-likeness (QED) is 0.587. The fourth-order valence-corrected chi connectivity index (χ4v) is 4.27. The van der Waals surface area contributed by atoms with Gasteiger partial charge in [0.2, 0.25) is 0 Å². The van der Waals surface area contributed by atoms with Crippen molar-refractivity contribution >= 4 is 8.58 Å². The van der Waals surface area contributed by atoms with Crippen LogP contribution in [-0.4, -0.2) is 5.66 Å². The van der Waals surface area contributed by atoms with Crippen molar-refractivity contribution in [2.75, 3.05) is 0 Å². The highest BCUT2D eigenvalue weighted by atomic mass is 31.1. The lowest BCUT2D eigenvalue weighted by Gasteiger charge is -2.22. The predicted octanol–water partition coefficient (Wildman–Crippen LogP) is 4.79. The Kier molecular flexibility index (Phi) is 3.81. The van der Waals surface area contributed by atoms with Gasteiger partial charge in [-0.2, -0.15) is 0 Å². The molecule has 1 saturated carbocycles. The molecule has 0 amide bonds. The molecule has 1 heteroatoms. The molecule has 0 aliphatic heterocycles. The summed E-state index contributed by atoms with van der Waals surface area (Å²) in [6.07, 6.45) is 14.1. The van der Waals surface area contributed by atoms with Crippen molar-refractivity contribution in [3.8, 4) is 0 Å². The minimum atomic E-state index is 0.985. The second kappa shape index (κ2) is 5.12. The molecule has 0 heterocycles. The van der Waals surface area contributed by atoms with E-state index >= 15 is 0 Å². The lowest BCUT2D eigenvalue weighted by molar-refractivity contribution is 0.514. The van der Waals surface area contributed by atoms with Gasteiger partial charge in [0, 0.05) is 0 Å². The minimum Gasteiger partial charge on any atom is -0.0866 e. The molecule has 2 aliphatic rings. The van der Waals surface area contributed by atoms with E-state index in [1.807, 2.05) is 0 Å². The summed E-state index contributed by atoms with van der Waals surface area (Å²) in [6, 6.07) is 0. The van der Waals surface area contributed by atoms with Crippen molar-refractivity contribution in [2.45, 2.75) is 51.6 Å². The van der Waals surface area contributed by atoms with Crippen LogP contribution in [0.2, 0.25) is 0 Å². The molecular formula is C14H21P. The fraction of sp³-hybridized carbons (Fsp3) is 0.571. The summed E-state index contributed by atoms with van der Waals surface area (Å²) in [7, 11) is 1.05. The molecular weight excluding hydrogens is 199 g/mol. The highest BCUT2D eigenvalue weighted by molar-refractivity contribution is 7.44. The molecule has 0 aromatic heterocycles. The van der Waals surface area contributed by atoms with Gasteiger partial charge in [0.05, 0.1) is 0 Å². The van der Waals surface area contributed by atoms with Gasteiger partial charge in [-0.1, -0.05) is 51.6 Å². The van der Waals surface area contributed by atoms with Crippen molar-refractivity contribution in [3.05, 3.63) is 34.7 Å². The normalized spacial score (nSPS) is 22.8. The maximum Gasteiger partial charge on any atom is -0.0196 e. The van der Waals surface area contributed by atoms with E-state index in [-0.39, 0.29) is 0 Å². The van der Waals surface area contributed by atoms with Gasteiger partial charge < -0.3 is 0 Å². The standard InChI is InChI=1S/C14H21P/c1-11(2)13-9-6-10-14(13)15-12-7-4-3-5-8-12/h6,9-10,12,15H,3-5,7-8H2,1-2H3. The molecule has 0 aromatic rings. The number of allylic oxidation sites excluding steroid dienone is 6. The molecule has 2 aliphatic carbocycles. The summed E-state index contributed by atoms with van der Waals surface area (Å²) in [6.45, 7) is 4.45. The average molecular weight is 220 g/mol. The van der Waals surface area contributed by atoms with Gasteiger partial charge >= 0.3 is 0 Å². The van der Waals surface area contributed by atoms with E-state index in [1.165, 1.54) is 43.3 Å². The third-order valence-electron chi connectivity index (χ3n) is 3.32. The van der Waals surface area contributed by atoms with Gasteiger partial charge in [-0.05, 0) is 43.2 Å². The Morgan fingerprint density at radius 2 is 1.93 bits per heavy atom. The molecule has 1 atom stereocenters. The first-order valence-electron chi connectivity index (χ1n) is 6.10. The van der Waals surface area contributed by atoms with Crippen molar-refractivity contribution in [1.29, 1.82) is 0 Å². The Morgan fingerprint density at radius 3 is 2.60 bits per heavy atom. The maximum atomic E-state index is 2.33. The zero-order valence-electron chi connectivity index (χ0n) is 9.84. The maximum absolute atomic E-state index is 2.33. The second-order valence-electron chi connectivity index (χ2n) is 4.83. The van der Waals surface area contributed by atoms with Crippen LogP contribution in [0.4, 0.5) is 0 Å². The van der Waals surface area contributed by atoms with E-state index in [4.69, 9.17) is 0 Å². The lowest BCUT2D eigenvalue weighted by Crippen LogP contribution is -2.06. The molecule has 0 bridgehead atoms. The van der Waals surface area contributed by atoms with E-state index in [0.29, 0.717) is 0 Å². The zero-order chi connectivity index (χ0) is 10.7. The van der Waals surface area contributed by atoms with Crippen molar-refractivity contribution < 1.29 is 0 Å². The molecule has 1 fully saturated rings. The van der Waals surface area contributed by atoms with Crippen LogP contribution >= 0.6 is 8.58 Å². The van der Waals surface area contributed by atoms with Crippen molar-refractivity contribution in [1.82, 2.24) is 0 Å². The summed E-state index contributed by atoms with van der Waals surface area (Å²) in [4.78, 5) is 0. The highest BCUT2D eigenvalue weighted by Gasteiger charge is 2.17. The Balaban J connectivity index is 1.98. The number of hydrogen-bond acceptors (Lipinski definition) is 0. The molecule has 0 saturated heterocycles. The number of hydrogen-bond donors (Lipinski definition) is 0. The molecule has 1 unspecified atom stereocenters. The summed E-state index contributed by atoms with van der Waals surface area (Å²) >= 11 is 0. The topological polar surface area (TPSA) is 0 Å².